The van der Waals surface area contributed by atoms with Gasteiger partial charge in [-0.15, -0.1) is 10.1 Å². The quantitative estimate of drug-likeness (QED) is 0.612. The van der Waals surface area contributed by atoms with Crippen molar-refractivity contribution in [1.82, 2.24) is 0 Å². The molecule has 1 N–H and O–H groups in total. The zero-order valence-electron chi connectivity index (χ0n) is 7.85. The summed E-state index contributed by atoms with van der Waals surface area (Å²) in [6, 6.07) is 2.72. The van der Waals surface area contributed by atoms with Crippen LogP contribution < -0.4 is 0 Å². The Hall–Kier alpha value is -2.85. The number of nitro benzene ring substituents is 2. The predicted octanol–water partition coefficient (Wildman–Crippen LogP) is 1.29. The molecule has 0 aliphatic heterocycles. The van der Waals surface area contributed by atoms with Gasteiger partial charge in [0.2, 0.25) is 5.82 Å². The second-order valence-electron chi connectivity index (χ2n) is 2.36. The monoisotopic (exact) mass is 249 g/mol. The first-order valence-corrected chi connectivity index (χ1v) is 3.68. The normalized spacial score (nSPS) is 8.76. The predicted molar refractivity (Wildman–Crippen MR) is 48.5 cm³/mol. The average Bonchev–Trinajstić information content (AvgIpc) is 2.15. The van der Waals surface area contributed by atoms with E-state index in [1.165, 1.54) is 0 Å². The molecule has 0 heterocycles. The van der Waals surface area contributed by atoms with Crippen molar-refractivity contribution in [3.05, 3.63) is 54.4 Å². The molecule has 0 aromatic heterocycles. The van der Waals surface area contributed by atoms with Crippen LogP contribution in [-0.2, 0) is 0 Å². The van der Waals surface area contributed by atoms with E-state index in [9.17, 15) is 24.6 Å². The van der Waals surface area contributed by atoms with Crippen LogP contribution in [0.5, 0.6) is 0 Å². The maximum Gasteiger partial charge on any atom is 0.381 e. The molecule has 11 heteroatoms. The Kier molecular flexibility index (Phi) is 4.90. The van der Waals surface area contributed by atoms with E-state index >= 15 is 0 Å². The highest BCUT2D eigenvalue weighted by Crippen LogP contribution is 2.28. The molecule has 0 spiro atoms. The highest BCUT2D eigenvalue weighted by atomic mass is 19.1. The molecule has 0 amide bonds. The number of hydrogen-bond acceptors (Lipinski definition) is 6. The van der Waals surface area contributed by atoms with Crippen LogP contribution in [0.1, 0.15) is 0 Å². The van der Waals surface area contributed by atoms with Crippen LogP contribution in [0.4, 0.5) is 15.8 Å². The minimum absolute atomic E-state index is 0.797. The molecule has 92 valence electrons. The summed E-state index contributed by atoms with van der Waals surface area (Å²) in [5.74, 6) is -1.21. The van der Waals surface area contributed by atoms with Crippen LogP contribution in [0.2, 0.25) is 0 Å². The van der Waals surface area contributed by atoms with Crippen LogP contribution in [0.15, 0.2) is 18.2 Å². The number of halogens is 1. The molecular weight excluding hydrogens is 245 g/mol. The van der Waals surface area contributed by atoms with E-state index in [0.29, 0.717) is 0 Å². The lowest BCUT2D eigenvalue weighted by Gasteiger charge is -1.94. The highest BCUT2D eigenvalue weighted by Gasteiger charge is 2.28. The third-order valence-electron chi connectivity index (χ3n) is 1.34. The second-order valence-corrected chi connectivity index (χ2v) is 2.36. The van der Waals surface area contributed by atoms with Crippen LogP contribution in [0, 0.1) is 36.2 Å². The molecule has 0 unspecified atom stereocenters. The molecule has 0 aliphatic carbocycles. The molecule has 0 bridgehead atoms. The Bertz CT molecular complexity index is 459. The molecule has 0 aliphatic rings. The molecule has 0 fully saturated rings. The SMILES string of the molecule is O=[N+]([O-])O.O=[N+]([O-])c1cccc(F)c1[N+](=O)[O-]. The molecule has 0 atom stereocenters. The summed E-state index contributed by atoms with van der Waals surface area (Å²) < 4.78 is 12.7. The number of rotatable bonds is 2. The van der Waals surface area contributed by atoms with Crippen molar-refractivity contribution in [2.24, 2.45) is 0 Å². The first-order chi connectivity index (χ1) is 7.77. The van der Waals surface area contributed by atoms with Gasteiger partial charge in [0.05, 0.1) is 9.85 Å². The van der Waals surface area contributed by atoms with E-state index in [4.69, 9.17) is 15.3 Å². The lowest BCUT2D eigenvalue weighted by Crippen LogP contribution is -1.98. The van der Waals surface area contributed by atoms with E-state index in [0.717, 1.165) is 18.2 Å². The van der Waals surface area contributed by atoms with Gasteiger partial charge in [0.15, 0.2) is 0 Å². The highest BCUT2D eigenvalue weighted by molar-refractivity contribution is 5.52. The van der Waals surface area contributed by atoms with Crippen LogP contribution in [-0.4, -0.2) is 20.1 Å². The average molecular weight is 249 g/mol. The van der Waals surface area contributed by atoms with E-state index in [1.807, 2.05) is 0 Å². The van der Waals surface area contributed by atoms with Gasteiger partial charge in [-0.05, 0) is 6.07 Å². The van der Waals surface area contributed by atoms with Gasteiger partial charge < -0.3 is 5.21 Å². The zero-order chi connectivity index (χ0) is 13.6. The number of nitrogens with zero attached hydrogens (tertiary/aromatic N) is 3. The lowest BCUT2D eigenvalue weighted by atomic mass is 10.2. The maximum atomic E-state index is 12.7. The van der Waals surface area contributed by atoms with Crippen LogP contribution >= 0.6 is 0 Å². The first kappa shape index (κ1) is 14.2. The number of benzene rings is 1. The Balaban J connectivity index is 0.000000557. The molecule has 17 heavy (non-hydrogen) atoms. The lowest BCUT2D eigenvalue weighted by molar-refractivity contribution is -0.742. The summed E-state index contributed by atoms with van der Waals surface area (Å²) in [5, 5.41) is 34.1. The van der Waals surface area contributed by atoms with Crippen molar-refractivity contribution in [1.29, 1.82) is 0 Å². The largest absolute Gasteiger partial charge is 0.381 e. The van der Waals surface area contributed by atoms with Crippen molar-refractivity contribution in [2.45, 2.75) is 0 Å². The Labute approximate surface area is 91.3 Å². The zero-order valence-corrected chi connectivity index (χ0v) is 7.85. The van der Waals surface area contributed by atoms with E-state index < -0.39 is 32.1 Å². The van der Waals surface area contributed by atoms with E-state index in [-0.39, 0.29) is 0 Å². The van der Waals surface area contributed by atoms with Gasteiger partial charge in [0.25, 0.3) is 5.09 Å². The fourth-order valence-electron chi connectivity index (χ4n) is 0.832. The van der Waals surface area contributed by atoms with Gasteiger partial charge in [0.1, 0.15) is 0 Å². The molecule has 1 rings (SSSR count). The summed E-state index contributed by atoms with van der Waals surface area (Å²) in [6.45, 7) is 0. The third kappa shape index (κ3) is 4.46. The number of nitro groups is 2. The maximum absolute atomic E-state index is 12.7. The van der Waals surface area contributed by atoms with Crippen molar-refractivity contribution >= 4 is 11.4 Å². The van der Waals surface area contributed by atoms with E-state index in [1.54, 1.807) is 0 Å². The molecule has 0 radical (unpaired) electrons. The fourth-order valence-corrected chi connectivity index (χ4v) is 0.832. The van der Waals surface area contributed by atoms with Gasteiger partial charge >= 0.3 is 11.4 Å². The standard InChI is InChI=1S/C6H3FN2O4.HNO3/c7-4-2-1-3-5(8(10)11)6(4)9(12)13;2-1(3)4/h1-3H;(H,2,3,4). The summed E-state index contributed by atoms with van der Waals surface area (Å²) in [7, 11) is 0. The minimum Gasteiger partial charge on any atom is -0.328 e. The molecule has 1 aromatic rings. The topological polar surface area (TPSA) is 150 Å². The molecule has 1 aromatic carbocycles. The van der Waals surface area contributed by atoms with Gasteiger partial charge in [-0.25, -0.2) is 0 Å². The van der Waals surface area contributed by atoms with Crippen LogP contribution in [0.3, 0.4) is 0 Å². The summed E-state index contributed by atoms with van der Waals surface area (Å²) in [4.78, 5) is 26.7. The molecule has 10 nitrogen and oxygen atoms in total. The number of hydrogen-bond donors (Lipinski definition) is 1. The van der Waals surface area contributed by atoms with Gasteiger partial charge in [-0.1, -0.05) is 6.07 Å². The van der Waals surface area contributed by atoms with Crippen LogP contribution in [0.25, 0.3) is 0 Å². The smallest absolute Gasteiger partial charge is 0.328 e. The fraction of sp³-hybridized carbons (Fsp3) is 0. The first-order valence-electron chi connectivity index (χ1n) is 3.68. The Morgan fingerprint density at radius 3 is 1.82 bits per heavy atom. The molecular formula is C6H4FN3O7. The Morgan fingerprint density at radius 2 is 1.53 bits per heavy atom. The van der Waals surface area contributed by atoms with E-state index in [2.05, 4.69) is 0 Å². The summed E-state index contributed by atoms with van der Waals surface area (Å²) in [6.07, 6.45) is 0. The van der Waals surface area contributed by atoms with Crippen molar-refractivity contribution in [3.8, 4) is 0 Å². The second kappa shape index (κ2) is 5.89. The van der Waals surface area contributed by atoms with Crippen molar-refractivity contribution < 1.29 is 24.5 Å². The third-order valence-corrected chi connectivity index (χ3v) is 1.34. The molecule has 0 saturated carbocycles. The van der Waals surface area contributed by atoms with Crippen molar-refractivity contribution in [3.63, 3.8) is 0 Å². The van der Waals surface area contributed by atoms with Gasteiger partial charge in [0, 0.05) is 6.07 Å². The number of para-hydroxylation sites is 1. The van der Waals surface area contributed by atoms with Gasteiger partial charge in [-0.2, -0.15) is 4.39 Å². The summed E-state index contributed by atoms with van der Waals surface area (Å²) >= 11 is 0. The van der Waals surface area contributed by atoms with Gasteiger partial charge in [-0.3, -0.25) is 20.2 Å². The Morgan fingerprint density at radius 1 is 1.06 bits per heavy atom. The summed E-state index contributed by atoms with van der Waals surface area (Å²) in [5.41, 5.74) is -1.95. The molecule has 0 saturated heterocycles. The minimum atomic E-state index is -1.50. The van der Waals surface area contributed by atoms with Crippen molar-refractivity contribution in [2.75, 3.05) is 0 Å².